The average Bonchev–Trinajstić information content (AvgIpc) is 3.20. The van der Waals surface area contributed by atoms with Gasteiger partial charge >= 0.3 is 0 Å². The van der Waals surface area contributed by atoms with E-state index in [0.29, 0.717) is 47.3 Å². The Hall–Kier alpha value is -2.80. The van der Waals surface area contributed by atoms with Crippen LogP contribution in [0.15, 0.2) is 24.3 Å². The largest absolute Gasteiger partial charge is 0.493 e. The number of methoxy groups -OCH3 is 4. The number of benzene rings is 2. The zero-order chi connectivity index (χ0) is 21.9. The van der Waals surface area contributed by atoms with Crippen LogP contribution in [-0.4, -0.2) is 45.9 Å². The summed E-state index contributed by atoms with van der Waals surface area (Å²) >= 11 is 0. The van der Waals surface area contributed by atoms with E-state index < -0.39 is 5.60 Å². The lowest BCUT2D eigenvalue weighted by Crippen LogP contribution is -2.36. The maximum absolute atomic E-state index is 11.3. The van der Waals surface area contributed by atoms with Gasteiger partial charge in [0, 0.05) is 6.42 Å². The third kappa shape index (κ3) is 4.36. The molecule has 0 spiro atoms. The van der Waals surface area contributed by atoms with Crippen molar-refractivity contribution in [3.63, 3.8) is 0 Å². The molecule has 0 unspecified atom stereocenters. The molecule has 2 atom stereocenters. The molecule has 0 saturated carbocycles. The van der Waals surface area contributed by atoms with Crippen LogP contribution in [0.4, 0.5) is 0 Å². The predicted octanol–water partition coefficient (Wildman–Crippen LogP) is 3.62. The highest BCUT2D eigenvalue weighted by molar-refractivity contribution is 5.55. The van der Waals surface area contributed by atoms with Gasteiger partial charge in [0.25, 0.3) is 0 Å². The minimum atomic E-state index is -0.978. The molecule has 1 heterocycles. The third-order valence-corrected chi connectivity index (χ3v) is 5.61. The lowest BCUT2D eigenvalue weighted by atomic mass is 9.81. The molecule has 0 bridgehead atoms. The Morgan fingerprint density at radius 1 is 0.900 bits per heavy atom. The second-order valence-corrected chi connectivity index (χ2v) is 7.70. The Morgan fingerprint density at radius 2 is 1.50 bits per heavy atom. The molecule has 2 aromatic rings. The van der Waals surface area contributed by atoms with Gasteiger partial charge in [-0.3, -0.25) is 0 Å². The van der Waals surface area contributed by atoms with E-state index in [4.69, 9.17) is 28.4 Å². The molecule has 0 amide bonds. The van der Waals surface area contributed by atoms with E-state index in [1.165, 1.54) is 0 Å². The molecule has 0 saturated heterocycles. The van der Waals surface area contributed by atoms with E-state index in [9.17, 15) is 5.11 Å². The molecule has 3 rings (SSSR count). The molecule has 164 valence electrons. The zero-order valence-corrected chi connectivity index (χ0v) is 18.4. The van der Waals surface area contributed by atoms with Crippen LogP contribution in [0.1, 0.15) is 25.0 Å². The molecule has 0 aliphatic carbocycles. The topological polar surface area (TPSA) is 75.6 Å². The normalized spacial score (nSPS) is 15.3. The maximum atomic E-state index is 11.3. The van der Waals surface area contributed by atoms with Crippen LogP contribution in [0.5, 0.6) is 34.5 Å². The summed E-state index contributed by atoms with van der Waals surface area (Å²) in [6, 6.07) is 7.61. The molecule has 0 fully saturated rings. The van der Waals surface area contributed by atoms with E-state index >= 15 is 0 Å². The van der Waals surface area contributed by atoms with Crippen molar-refractivity contribution < 1.29 is 33.5 Å². The Kier molecular flexibility index (Phi) is 6.51. The van der Waals surface area contributed by atoms with Crippen LogP contribution < -0.4 is 28.4 Å². The summed E-state index contributed by atoms with van der Waals surface area (Å²) in [6.07, 6.45) is 1.07. The van der Waals surface area contributed by atoms with E-state index in [2.05, 4.69) is 0 Å². The number of hydrogen-bond donors (Lipinski definition) is 1. The van der Waals surface area contributed by atoms with Gasteiger partial charge in [-0.1, -0.05) is 6.92 Å². The highest BCUT2D eigenvalue weighted by Crippen LogP contribution is 2.43. The molecule has 30 heavy (non-hydrogen) atoms. The smallest absolute Gasteiger partial charge is 0.231 e. The summed E-state index contributed by atoms with van der Waals surface area (Å²) in [5.41, 5.74) is 0.923. The molecule has 1 N–H and O–H groups in total. The van der Waals surface area contributed by atoms with E-state index in [-0.39, 0.29) is 12.7 Å². The minimum Gasteiger partial charge on any atom is -0.493 e. The van der Waals surface area contributed by atoms with Gasteiger partial charge in [0.1, 0.15) is 0 Å². The molecule has 1 aliphatic rings. The van der Waals surface area contributed by atoms with Crippen LogP contribution in [0.25, 0.3) is 0 Å². The van der Waals surface area contributed by atoms with Crippen LogP contribution in [0, 0.1) is 5.92 Å². The van der Waals surface area contributed by atoms with Crippen molar-refractivity contribution in [2.24, 2.45) is 5.92 Å². The van der Waals surface area contributed by atoms with Gasteiger partial charge < -0.3 is 33.5 Å². The van der Waals surface area contributed by atoms with Gasteiger partial charge in [0.15, 0.2) is 23.0 Å². The van der Waals surface area contributed by atoms with Crippen LogP contribution in [0.3, 0.4) is 0 Å². The van der Waals surface area contributed by atoms with Gasteiger partial charge in [0.05, 0.1) is 34.0 Å². The lowest BCUT2D eigenvalue weighted by molar-refractivity contribution is 0.00660. The molecule has 0 aromatic heterocycles. The maximum Gasteiger partial charge on any atom is 0.231 e. The van der Waals surface area contributed by atoms with Crippen molar-refractivity contribution in [2.45, 2.75) is 32.3 Å². The number of fused-ring (bicyclic) bond motifs is 1. The van der Waals surface area contributed by atoms with Gasteiger partial charge in [0.2, 0.25) is 18.3 Å². The van der Waals surface area contributed by atoms with Gasteiger partial charge in [-0.05, 0) is 54.7 Å². The standard InChI is InChI=1S/C23H30O7/c1-14(7-15-8-19(27-5)22-20(9-15)29-13-30-22)23(2,24)12-16-10-17(25-3)21(28-6)18(11-16)26-4/h8-11,14,24H,7,12-13H2,1-6H3/t14-,23-/m0/s1. The number of ether oxygens (including phenoxy) is 6. The average molecular weight is 418 g/mol. The first-order valence-corrected chi connectivity index (χ1v) is 9.80. The Morgan fingerprint density at radius 3 is 2.07 bits per heavy atom. The quantitative estimate of drug-likeness (QED) is 0.667. The Bertz CT molecular complexity index is 866. The van der Waals surface area contributed by atoms with Crippen LogP contribution >= 0.6 is 0 Å². The first-order chi connectivity index (χ1) is 14.3. The highest BCUT2D eigenvalue weighted by Gasteiger charge is 2.31. The Labute approximate surface area is 177 Å². The SMILES string of the molecule is COc1cc(C[C@](C)(O)[C@@H](C)Cc2cc(OC)c3c(c2)OCO3)cc(OC)c1OC. The second-order valence-electron chi connectivity index (χ2n) is 7.70. The van der Waals surface area contributed by atoms with Crippen LogP contribution in [-0.2, 0) is 12.8 Å². The van der Waals surface area contributed by atoms with Crippen molar-refractivity contribution in [1.29, 1.82) is 0 Å². The fourth-order valence-electron chi connectivity index (χ4n) is 3.70. The second kappa shape index (κ2) is 8.92. The van der Waals surface area contributed by atoms with Crippen molar-refractivity contribution in [3.05, 3.63) is 35.4 Å². The minimum absolute atomic E-state index is 0.0540. The summed E-state index contributed by atoms with van der Waals surface area (Å²) in [4.78, 5) is 0. The van der Waals surface area contributed by atoms with Gasteiger partial charge in [-0.15, -0.1) is 0 Å². The summed E-state index contributed by atoms with van der Waals surface area (Å²) in [7, 11) is 6.33. The third-order valence-electron chi connectivity index (χ3n) is 5.61. The summed E-state index contributed by atoms with van der Waals surface area (Å²) in [6.45, 7) is 4.05. The van der Waals surface area contributed by atoms with E-state index in [0.717, 1.165) is 11.1 Å². The van der Waals surface area contributed by atoms with Crippen molar-refractivity contribution >= 4 is 0 Å². The van der Waals surface area contributed by atoms with Crippen molar-refractivity contribution in [1.82, 2.24) is 0 Å². The van der Waals surface area contributed by atoms with Crippen LogP contribution in [0.2, 0.25) is 0 Å². The molecule has 1 aliphatic heterocycles. The first kappa shape index (κ1) is 21.9. The summed E-state index contributed by atoms with van der Waals surface area (Å²) < 4.78 is 32.6. The van der Waals surface area contributed by atoms with Crippen molar-refractivity contribution in [3.8, 4) is 34.5 Å². The summed E-state index contributed by atoms with van der Waals surface area (Å²) in [5.74, 6) is 3.53. The van der Waals surface area contributed by atoms with E-state index in [1.807, 2.05) is 38.1 Å². The number of rotatable bonds is 9. The molecular formula is C23H30O7. The highest BCUT2D eigenvalue weighted by atomic mass is 16.7. The number of aliphatic hydroxyl groups is 1. The Balaban J connectivity index is 1.81. The molecule has 7 heteroatoms. The van der Waals surface area contributed by atoms with Gasteiger partial charge in [-0.25, -0.2) is 0 Å². The van der Waals surface area contributed by atoms with E-state index in [1.54, 1.807) is 28.4 Å². The van der Waals surface area contributed by atoms with Gasteiger partial charge in [-0.2, -0.15) is 0 Å². The monoisotopic (exact) mass is 418 g/mol. The van der Waals surface area contributed by atoms with Crippen molar-refractivity contribution in [2.75, 3.05) is 35.2 Å². The molecule has 0 radical (unpaired) electrons. The zero-order valence-electron chi connectivity index (χ0n) is 18.4. The molecule has 7 nitrogen and oxygen atoms in total. The fraction of sp³-hybridized carbons (Fsp3) is 0.478. The summed E-state index contributed by atoms with van der Waals surface area (Å²) in [5, 5.41) is 11.3. The fourth-order valence-corrected chi connectivity index (χ4v) is 3.70. The lowest BCUT2D eigenvalue weighted by Gasteiger charge is -2.31. The number of hydrogen-bond acceptors (Lipinski definition) is 7. The first-order valence-electron chi connectivity index (χ1n) is 9.80. The molecule has 2 aromatic carbocycles. The predicted molar refractivity (Wildman–Crippen MR) is 112 cm³/mol. The molecular weight excluding hydrogens is 388 g/mol.